The fraction of sp³-hybridized carbons (Fsp3) is 0.625. The molecular formula is C16H22N2O3. The fourth-order valence-corrected chi connectivity index (χ4v) is 3.35. The molecule has 2 aliphatic rings. The van der Waals surface area contributed by atoms with Gasteiger partial charge in [0, 0.05) is 43.4 Å². The molecule has 0 N–H and O–H groups in total. The van der Waals surface area contributed by atoms with E-state index >= 15 is 0 Å². The Morgan fingerprint density at radius 3 is 3.19 bits per heavy atom. The first-order valence-corrected chi connectivity index (χ1v) is 7.51. The van der Waals surface area contributed by atoms with E-state index in [-0.39, 0.29) is 11.3 Å². The van der Waals surface area contributed by atoms with Crippen LogP contribution in [0.15, 0.2) is 18.5 Å². The van der Waals surface area contributed by atoms with Gasteiger partial charge in [-0.3, -0.25) is 9.78 Å². The highest BCUT2D eigenvalue weighted by Crippen LogP contribution is 2.41. The lowest BCUT2D eigenvalue weighted by Crippen LogP contribution is -2.37. The van der Waals surface area contributed by atoms with Gasteiger partial charge in [-0.1, -0.05) is 0 Å². The Balaban J connectivity index is 1.75. The molecule has 1 aromatic rings. The van der Waals surface area contributed by atoms with E-state index in [1.807, 2.05) is 24.8 Å². The van der Waals surface area contributed by atoms with Crippen LogP contribution in [0.3, 0.4) is 0 Å². The summed E-state index contributed by atoms with van der Waals surface area (Å²) in [5.41, 5.74) is 1.65. The van der Waals surface area contributed by atoms with Crippen LogP contribution in [0.1, 0.15) is 22.8 Å². The Hall–Kier alpha value is -1.46. The third kappa shape index (κ3) is 2.68. The Bertz CT molecular complexity index is 534. The number of carbonyl (C=O) groups excluding carboxylic acids is 1. The first-order chi connectivity index (χ1) is 10.1. The molecule has 21 heavy (non-hydrogen) atoms. The van der Waals surface area contributed by atoms with Crippen molar-refractivity contribution in [1.29, 1.82) is 0 Å². The molecule has 0 saturated carbocycles. The van der Waals surface area contributed by atoms with E-state index < -0.39 is 0 Å². The average molecular weight is 290 g/mol. The highest BCUT2D eigenvalue weighted by atomic mass is 16.5. The minimum Gasteiger partial charge on any atom is -0.381 e. The number of aryl methyl sites for hydroxylation is 1. The van der Waals surface area contributed by atoms with Crippen LogP contribution in [0.25, 0.3) is 0 Å². The lowest BCUT2D eigenvalue weighted by Gasteiger charge is -2.26. The van der Waals surface area contributed by atoms with Gasteiger partial charge in [-0.2, -0.15) is 0 Å². The number of aromatic nitrogens is 1. The molecule has 5 nitrogen and oxygen atoms in total. The second-order valence-corrected chi connectivity index (χ2v) is 6.15. The normalized spacial score (nSPS) is 27.9. The van der Waals surface area contributed by atoms with E-state index in [4.69, 9.17) is 9.47 Å². The molecule has 114 valence electrons. The number of fused-ring (bicyclic) bond motifs is 1. The zero-order valence-corrected chi connectivity index (χ0v) is 12.7. The molecule has 2 aliphatic heterocycles. The van der Waals surface area contributed by atoms with Crippen molar-refractivity contribution in [3.05, 3.63) is 29.6 Å². The van der Waals surface area contributed by atoms with Crippen LogP contribution in [-0.2, 0) is 9.47 Å². The van der Waals surface area contributed by atoms with Crippen molar-refractivity contribution in [2.45, 2.75) is 13.8 Å². The lowest BCUT2D eigenvalue weighted by molar-refractivity contribution is 0.0317. The van der Waals surface area contributed by atoms with E-state index in [1.54, 1.807) is 12.4 Å². The van der Waals surface area contributed by atoms with Gasteiger partial charge < -0.3 is 14.4 Å². The molecule has 1 aromatic heterocycles. The first kappa shape index (κ1) is 14.5. The molecule has 0 radical (unpaired) electrons. The fourth-order valence-electron chi connectivity index (χ4n) is 3.35. The number of hydrogen-bond donors (Lipinski definition) is 0. The number of nitrogens with zero attached hydrogens (tertiary/aromatic N) is 2. The Morgan fingerprint density at radius 2 is 2.43 bits per heavy atom. The summed E-state index contributed by atoms with van der Waals surface area (Å²) < 4.78 is 11.3. The molecule has 0 unspecified atom stereocenters. The summed E-state index contributed by atoms with van der Waals surface area (Å²) in [4.78, 5) is 18.7. The minimum absolute atomic E-state index is 0.0249. The van der Waals surface area contributed by atoms with Gasteiger partial charge in [0.25, 0.3) is 5.91 Å². The summed E-state index contributed by atoms with van der Waals surface area (Å²) in [5, 5.41) is 0. The molecule has 2 saturated heterocycles. The SMILES string of the molecule is CCOC[C@]12COC[C@H]1CN(C(=O)c1cncc(C)c1)C2. The van der Waals surface area contributed by atoms with Gasteiger partial charge in [0.05, 0.1) is 25.4 Å². The number of pyridine rings is 1. The topological polar surface area (TPSA) is 51.7 Å². The van der Waals surface area contributed by atoms with Gasteiger partial charge in [0.2, 0.25) is 0 Å². The smallest absolute Gasteiger partial charge is 0.255 e. The number of ether oxygens (including phenoxy) is 2. The molecular weight excluding hydrogens is 268 g/mol. The zero-order valence-electron chi connectivity index (χ0n) is 12.7. The van der Waals surface area contributed by atoms with Crippen LogP contribution >= 0.6 is 0 Å². The van der Waals surface area contributed by atoms with E-state index in [9.17, 15) is 4.79 Å². The lowest BCUT2D eigenvalue weighted by atomic mass is 9.82. The molecule has 3 heterocycles. The van der Waals surface area contributed by atoms with Crippen LogP contribution in [0.4, 0.5) is 0 Å². The number of hydrogen-bond acceptors (Lipinski definition) is 4. The number of likely N-dealkylation sites (tertiary alicyclic amines) is 1. The minimum atomic E-state index is -0.0249. The molecule has 2 fully saturated rings. The predicted molar refractivity (Wildman–Crippen MR) is 78.1 cm³/mol. The molecule has 0 aromatic carbocycles. The Labute approximate surface area is 125 Å². The van der Waals surface area contributed by atoms with E-state index in [1.165, 1.54) is 0 Å². The van der Waals surface area contributed by atoms with E-state index in [0.29, 0.717) is 37.8 Å². The molecule has 1 amide bonds. The van der Waals surface area contributed by atoms with Crippen molar-refractivity contribution in [1.82, 2.24) is 9.88 Å². The van der Waals surface area contributed by atoms with Crippen molar-refractivity contribution in [3.63, 3.8) is 0 Å². The molecule has 0 aliphatic carbocycles. The van der Waals surface area contributed by atoms with Crippen LogP contribution in [0.5, 0.6) is 0 Å². The van der Waals surface area contributed by atoms with E-state index in [2.05, 4.69) is 4.98 Å². The molecule has 5 heteroatoms. The van der Waals surface area contributed by atoms with Gasteiger partial charge >= 0.3 is 0 Å². The molecule has 0 bridgehead atoms. The van der Waals surface area contributed by atoms with Crippen molar-refractivity contribution in [2.24, 2.45) is 11.3 Å². The third-order valence-electron chi connectivity index (χ3n) is 4.52. The van der Waals surface area contributed by atoms with E-state index in [0.717, 1.165) is 18.7 Å². The van der Waals surface area contributed by atoms with Crippen molar-refractivity contribution in [3.8, 4) is 0 Å². The Morgan fingerprint density at radius 1 is 1.57 bits per heavy atom. The summed E-state index contributed by atoms with van der Waals surface area (Å²) in [5.74, 6) is 0.447. The number of amides is 1. The van der Waals surface area contributed by atoms with Gasteiger partial charge in [-0.15, -0.1) is 0 Å². The summed E-state index contributed by atoms with van der Waals surface area (Å²) in [6.45, 7) is 8.19. The first-order valence-electron chi connectivity index (χ1n) is 7.51. The molecule has 3 rings (SSSR count). The maximum Gasteiger partial charge on any atom is 0.255 e. The number of carbonyl (C=O) groups is 1. The highest BCUT2D eigenvalue weighted by molar-refractivity contribution is 5.94. The second-order valence-electron chi connectivity index (χ2n) is 6.15. The number of rotatable bonds is 4. The average Bonchev–Trinajstić information content (AvgIpc) is 3.01. The van der Waals surface area contributed by atoms with Gasteiger partial charge in [-0.25, -0.2) is 0 Å². The summed E-state index contributed by atoms with van der Waals surface area (Å²) in [7, 11) is 0. The quantitative estimate of drug-likeness (QED) is 0.843. The Kier molecular flexibility index (Phi) is 3.95. The second kappa shape index (κ2) is 5.73. The van der Waals surface area contributed by atoms with Crippen molar-refractivity contribution < 1.29 is 14.3 Å². The molecule has 2 atom stereocenters. The highest BCUT2D eigenvalue weighted by Gasteiger charge is 2.52. The van der Waals surface area contributed by atoms with Crippen molar-refractivity contribution >= 4 is 5.91 Å². The summed E-state index contributed by atoms with van der Waals surface area (Å²) in [6, 6.07) is 1.90. The van der Waals surface area contributed by atoms with Crippen LogP contribution in [0.2, 0.25) is 0 Å². The van der Waals surface area contributed by atoms with Gasteiger partial charge in [-0.05, 0) is 25.5 Å². The van der Waals surface area contributed by atoms with Crippen LogP contribution in [-0.4, -0.2) is 55.3 Å². The maximum atomic E-state index is 12.7. The molecule has 0 spiro atoms. The van der Waals surface area contributed by atoms with Crippen molar-refractivity contribution in [2.75, 3.05) is 39.5 Å². The van der Waals surface area contributed by atoms with Crippen LogP contribution in [0, 0.1) is 18.3 Å². The standard InChI is InChI=1S/C16H22N2O3/c1-3-20-10-16-9-18(7-14(16)8-21-11-16)15(19)13-4-12(2)5-17-6-13/h4-6,14H,3,7-11H2,1-2H3/t14-,16-/m1/s1. The van der Waals surface area contributed by atoms with Crippen LogP contribution < -0.4 is 0 Å². The zero-order chi connectivity index (χ0) is 14.9. The summed E-state index contributed by atoms with van der Waals surface area (Å²) in [6.07, 6.45) is 3.41. The summed E-state index contributed by atoms with van der Waals surface area (Å²) >= 11 is 0. The maximum absolute atomic E-state index is 12.7. The van der Waals surface area contributed by atoms with Gasteiger partial charge in [0.1, 0.15) is 0 Å². The van der Waals surface area contributed by atoms with Gasteiger partial charge in [0.15, 0.2) is 0 Å². The largest absolute Gasteiger partial charge is 0.381 e. The predicted octanol–water partition coefficient (Wildman–Crippen LogP) is 1.52. The monoisotopic (exact) mass is 290 g/mol. The third-order valence-corrected chi connectivity index (χ3v) is 4.52.